The van der Waals surface area contributed by atoms with Crippen LogP contribution in [0.5, 0.6) is 0 Å². The summed E-state index contributed by atoms with van der Waals surface area (Å²) >= 11 is 0. The molecule has 5 nitrogen and oxygen atoms in total. The lowest BCUT2D eigenvalue weighted by Crippen LogP contribution is -2.46. The molecular weight excluding hydrogens is 434 g/mol. The van der Waals surface area contributed by atoms with Gasteiger partial charge in [0.15, 0.2) is 0 Å². The van der Waals surface area contributed by atoms with Crippen molar-refractivity contribution in [2.24, 2.45) is 0 Å². The van der Waals surface area contributed by atoms with E-state index in [0.717, 1.165) is 38.1 Å². The topological polar surface area (TPSA) is 48.5 Å². The molecule has 2 heterocycles. The third-order valence-electron chi connectivity index (χ3n) is 6.12. The van der Waals surface area contributed by atoms with Crippen LogP contribution in [0.2, 0.25) is 0 Å². The number of pyridine rings is 1. The van der Waals surface area contributed by atoms with E-state index in [0.29, 0.717) is 23.4 Å². The first-order valence-electron chi connectivity index (χ1n) is 11.5. The van der Waals surface area contributed by atoms with Crippen molar-refractivity contribution in [3.63, 3.8) is 0 Å². The summed E-state index contributed by atoms with van der Waals surface area (Å²) in [6.45, 7) is 9.88. The zero-order valence-corrected chi connectivity index (χ0v) is 19.8. The fourth-order valence-corrected chi connectivity index (χ4v) is 4.00. The zero-order valence-electron chi connectivity index (χ0n) is 19.8. The highest BCUT2D eigenvalue weighted by Gasteiger charge is 2.20. The number of hydrogen-bond donors (Lipinski definition) is 1. The van der Waals surface area contributed by atoms with Gasteiger partial charge in [-0.05, 0) is 41.3 Å². The average Bonchev–Trinajstić information content (AvgIpc) is 2.81. The molecule has 1 fully saturated rings. The first kappa shape index (κ1) is 23.8. The fraction of sp³-hybridized carbons (Fsp3) is 0.333. The number of anilines is 2. The number of carbonyl (C=O) groups is 1. The Morgan fingerprint density at radius 1 is 0.971 bits per heavy atom. The standard InChI is InChI=1S/C27H30F2N4O/c1-27(2,3)21-7-4-19(5-8-21)26(34)31-23-10-11-25(30-17-23)33-14-12-32(13-15-33)18-20-6-9-22(28)16-24(20)29/h4-11,16-17H,12-15,18H2,1-3H3,(H,31,34). The summed E-state index contributed by atoms with van der Waals surface area (Å²) in [5.74, 6) is -0.404. The highest BCUT2D eigenvalue weighted by molar-refractivity contribution is 6.04. The highest BCUT2D eigenvalue weighted by Crippen LogP contribution is 2.23. The quantitative estimate of drug-likeness (QED) is 0.562. The molecule has 0 spiro atoms. The lowest BCUT2D eigenvalue weighted by atomic mass is 9.87. The molecule has 1 N–H and O–H groups in total. The smallest absolute Gasteiger partial charge is 0.255 e. The number of rotatable bonds is 5. The van der Waals surface area contributed by atoms with Crippen LogP contribution in [-0.2, 0) is 12.0 Å². The summed E-state index contributed by atoms with van der Waals surface area (Å²) in [5, 5.41) is 2.90. The fourth-order valence-electron chi connectivity index (χ4n) is 4.00. The van der Waals surface area contributed by atoms with Crippen LogP contribution in [0.4, 0.5) is 20.3 Å². The molecule has 0 bridgehead atoms. The maximum absolute atomic E-state index is 13.9. The minimum Gasteiger partial charge on any atom is -0.354 e. The van der Waals surface area contributed by atoms with Gasteiger partial charge in [-0.3, -0.25) is 9.69 Å². The second-order valence-corrected chi connectivity index (χ2v) is 9.69. The van der Waals surface area contributed by atoms with E-state index in [4.69, 9.17) is 0 Å². The van der Waals surface area contributed by atoms with Crippen molar-refractivity contribution in [3.8, 4) is 0 Å². The van der Waals surface area contributed by atoms with Gasteiger partial charge in [0.05, 0.1) is 11.9 Å². The Balaban J connectivity index is 1.30. The van der Waals surface area contributed by atoms with Crippen molar-refractivity contribution in [2.45, 2.75) is 32.7 Å². The van der Waals surface area contributed by atoms with Gasteiger partial charge < -0.3 is 10.2 Å². The van der Waals surface area contributed by atoms with E-state index in [2.05, 4.69) is 40.9 Å². The van der Waals surface area contributed by atoms with E-state index in [9.17, 15) is 13.6 Å². The zero-order chi connectivity index (χ0) is 24.3. The number of amides is 1. The van der Waals surface area contributed by atoms with Crippen LogP contribution in [0.15, 0.2) is 60.8 Å². The molecule has 0 saturated carbocycles. The van der Waals surface area contributed by atoms with Gasteiger partial charge in [-0.1, -0.05) is 39.0 Å². The van der Waals surface area contributed by atoms with Gasteiger partial charge in [-0.25, -0.2) is 13.8 Å². The Morgan fingerprint density at radius 3 is 2.26 bits per heavy atom. The number of nitrogens with zero attached hydrogens (tertiary/aromatic N) is 3. The van der Waals surface area contributed by atoms with Crippen LogP contribution < -0.4 is 10.2 Å². The predicted molar refractivity (Wildman–Crippen MR) is 131 cm³/mol. The van der Waals surface area contributed by atoms with Crippen LogP contribution in [-0.4, -0.2) is 42.0 Å². The van der Waals surface area contributed by atoms with E-state index in [1.165, 1.54) is 17.7 Å². The maximum Gasteiger partial charge on any atom is 0.255 e. The van der Waals surface area contributed by atoms with Crippen molar-refractivity contribution >= 4 is 17.4 Å². The summed E-state index contributed by atoms with van der Waals surface area (Å²) in [5.41, 5.74) is 2.96. The molecule has 2 aromatic carbocycles. The molecule has 34 heavy (non-hydrogen) atoms. The maximum atomic E-state index is 13.9. The number of aromatic nitrogens is 1. The molecular formula is C27H30F2N4O. The monoisotopic (exact) mass is 464 g/mol. The van der Waals surface area contributed by atoms with E-state index >= 15 is 0 Å². The van der Waals surface area contributed by atoms with Crippen LogP contribution >= 0.6 is 0 Å². The second-order valence-electron chi connectivity index (χ2n) is 9.69. The van der Waals surface area contributed by atoms with Crippen molar-refractivity contribution in [1.29, 1.82) is 0 Å². The number of nitrogens with one attached hydrogen (secondary N) is 1. The Morgan fingerprint density at radius 2 is 1.68 bits per heavy atom. The number of hydrogen-bond acceptors (Lipinski definition) is 4. The Labute approximate surface area is 199 Å². The van der Waals surface area contributed by atoms with E-state index in [1.807, 2.05) is 36.4 Å². The molecule has 1 amide bonds. The normalized spacial score (nSPS) is 14.8. The van der Waals surface area contributed by atoms with Crippen LogP contribution in [0, 0.1) is 11.6 Å². The Hall–Kier alpha value is -3.32. The molecule has 0 radical (unpaired) electrons. The van der Waals surface area contributed by atoms with Crippen LogP contribution in [0.25, 0.3) is 0 Å². The largest absolute Gasteiger partial charge is 0.354 e. The molecule has 1 saturated heterocycles. The van der Waals surface area contributed by atoms with Gasteiger partial charge in [0, 0.05) is 49.9 Å². The molecule has 0 aliphatic carbocycles. The minimum absolute atomic E-state index is 0.0391. The van der Waals surface area contributed by atoms with E-state index < -0.39 is 11.6 Å². The molecule has 0 unspecified atom stereocenters. The molecule has 7 heteroatoms. The van der Waals surface area contributed by atoms with E-state index in [1.54, 1.807) is 6.20 Å². The second kappa shape index (κ2) is 9.89. The van der Waals surface area contributed by atoms with Crippen molar-refractivity contribution in [2.75, 3.05) is 36.4 Å². The Bertz CT molecular complexity index is 1130. The highest BCUT2D eigenvalue weighted by atomic mass is 19.1. The van der Waals surface area contributed by atoms with Gasteiger partial charge >= 0.3 is 0 Å². The van der Waals surface area contributed by atoms with E-state index in [-0.39, 0.29) is 11.3 Å². The average molecular weight is 465 g/mol. The predicted octanol–water partition coefficient (Wildman–Crippen LogP) is 5.23. The molecule has 4 rings (SSSR count). The molecule has 3 aromatic rings. The van der Waals surface area contributed by atoms with Crippen molar-refractivity contribution < 1.29 is 13.6 Å². The molecule has 0 atom stereocenters. The summed E-state index contributed by atoms with van der Waals surface area (Å²) in [6, 6.07) is 15.1. The number of piperazine rings is 1. The summed E-state index contributed by atoms with van der Waals surface area (Å²) in [6.07, 6.45) is 1.66. The number of halogens is 2. The molecule has 1 aliphatic heterocycles. The molecule has 1 aliphatic rings. The van der Waals surface area contributed by atoms with Gasteiger partial charge in [0.1, 0.15) is 17.5 Å². The third-order valence-corrected chi connectivity index (χ3v) is 6.12. The third kappa shape index (κ3) is 5.78. The minimum atomic E-state index is -0.560. The van der Waals surface area contributed by atoms with Crippen LogP contribution in [0.1, 0.15) is 42.3 Å². The van der Waals surface area contributed by atoms with Gasteiger partial charge in [-0.2, -0.15) is 0 Å². The van der Waals surface area contributed by atoms with Gasteiger partial charge in [-0.15, -0.1) is 0 Å². The number of carbonyl (C=O) groups excluding carboxylic acids is 1. The summed E-state index contributed by atoms with van der Waals surface area (Å²) in [7, 11) is 0. The van der Waals surface area contributed by atoms with Crippen molar-refractivity contribution in [3.05, 3.63) is 89.1 Å². The SMILES string of the molecule is CC(C)(C)c1ccc(C(=O)Nc2ccc(N3CCN(Cc4ccc(F)cc4F)CC3)nc2)cc1. The first-order chi connectivity index (χ1) is 16.2. The Kier molecular flexibility index (Phi) is 6.93. The van der Waals surface area contributed by atoms with Crippen molar-refractivity contribution in [1.82, 2.24) is 9.88 Å². The lowest BCUT2D eigenvalue weighted by Gasteiger charge is -2.35. The van der Waals surface area contributed by atoms with Gasteiger partial charge in [0.2, 0.25) is 0 Å². The first-order valence-corrected chi connectivity index (χ1v) is 11.5. The summed E-state index contributed by atoms with van der Waals surface area (Å²) < 4.78 is 27.0. The molecule has 178 valence electrons. The van der Waals surface area contributed by atoms with Gasteiger partial charge in [0.25, 0.3) is 5.91 Å². The number of benzene rings is 2. The summed E-state index contributed by atoms with van der Waals surface area (Å²) in [4.78, 5) is 21.4. The van der Waals surface area contributed by atoms with Crippen LogP contribution in [0.3, 0.4) is 0 Å². The lowest BCUT2D eigenvalue weighted by molar-refractivity contribution is 0.102. The molecule has 1 aromatic heterocycles.